The lowest BCUT2D eigenvalue weighted by Crippen LogP contribution is -2.42. The van der Waals surface area contributed by atoms with E-state index < -0.39 is 10.0 Å². The fraction of sp³-hybridized carbons (Fsp3) is 0.333. The summed E-state index contributed by atoms with van der Waals surface area (Å²) < 4.78 is 37.9. The maximum Gasteiger partial charge on any atom is 0.253 e. The van der Waals surface area contributed by atoms with Gasteiger partial charge in [0.1, 0.15) is 0 Å². The van der Waals surface area contributed by atoms with Crippen molar-refractivity contribution in [3.8, 4) is 11.5 Å². The van der Waals surface area contributed by atoms with Gasteiger partial charge in [-0.15, -0.1) is 0 Å². The van der Waals surface area contributed by atoms with Crippen molar-refractivity contribution in [2.24, 2.45) is 5.92 Å². The highest BCUT2D eigenvalue weighted by Crippen LogP contribution is 2.28. The zero-order valence-electron chi connectivity index (χ0n) is 23.1. The quantitative estimate of drug-likeness (QED) is 0.335. The van der Waals surface area contributed by atoms with Crippen LogP contribution in [0.15, 0.2) is 66.7 Å². The molecule has 0 aliphatic carbocycles. The van der Waals surface area contributed by atoms with Crippen LogP contribution in [0.5, 0.6) is 11.5 Å². The number of piperidine rings is 1. The average Bonchev–Trinajstić information content (AvgIpc) is 2.98. The molecular formula is C30H34ClN3O6S. The first kappa shape index (κ1) is 30.4. The largest absolute Gasteiger partial charge is 0.493 e. The van der Waals surface area contributed by atoms with Gasteiger partial charge >= 0.3 is 0 Å². The summed E-state index contributed by atoms with van der Waals surface area (Å²) in [5.74, 6) is 0.157. The van der Waals surface area contributed by atoms with E-state index in [2.05, 4.69) is 10.6 Å². The SMILES string of the molecule is COc1ccc(CCNC(=O)c2ccccc2NC(=O)C2CCN(S(=O)(=O)Cc3ccccc3Cl)CC2)cc1OC. The predicted molar refractivity (Wildman–Crippen MR) is 159 cm³/mol. The molecule has 218 valence electrons. The normalized spacial score (nSPS) is 14.3. The smallest absolute Gasteiger partial charge is 0.253 e. The van der Waals surface area contributed by atoms with Crippen molar-refractivity contribution >= 4 is 39.1 Å². The van der Waals surface area contributed by atoms with E-state index in [1.165, 1.54) is 4.31 Å². The van der Waals surface area contributed by atoms with Crippen molar-refractivity contribution in [1.29, 1.82) is 0 Å². The topological polar surface area (TPSA) is 114 Å². The van der Waals surface area contributed by atoms with Gasteiger partial charge in [0.15, 0.2) is 11.5 Å². The van der Waals surface area contributed by atoms with Crippen LogP contribution in [0.3, 0.4) is 0 Å². The third-order valence-electron chi connectivity index (χ3n) is 7.09. The molecule has 0 atom stereocenters. The predicted octanol–water partition coefficient (Wildman–Crippen LogP) is 4.51. The lowest BCUT2D eigenvalue weighted by Gasteiger charge is -2.30. The molecule has 2 amide bonds. The summed E-state index contributed by atoms with van der Waals surface area (Å²) in [5, 5.41) is 6.20. The maximum atomic E-state index is 13.1. The summed E-state index contributed by atoms with van der Waals surface area (Å²) in [6.45, 7) is 0.865. The molecule has 0 spiro atoms. The first-order valence-corrected chi connectivity index (χ1v) is 15.3. The van der Waals surface area contributed by atoms with Crippen molar-refractivity contribution in [2.75, 3.05) is 39.2 Å². The van der Waals surface area contributed by atoms with Crippen LogP contribution in [0.4, 0.5) is 5.69 Å². The second-order valence-electron chi connectivity index (χ2n) is 9.75. The minimum atomic E-state index is -3.57. The third kappa shape index (κ3) is 7.78. The van der Waals surface area contributed by atoms with Gasteiger partial charge in [0.05, 0.1) is 31.2 Å². The zero-order chi connectivity index (χ0) is 29.4. The molecule has 1 heterocycles. The van der Waals surface area contributed by atoms with Crippen molar-refractivity contribution < 1.29 is 27.5 Å². The molecule has 3 aromatic rings. The Balaban J connectivity index is 1.31. The zero-order valence-corrected chi connectivity index (χ0v) is 24.6. The van der Waals surface area contributed by atoms with Crippen LogP contribution < -0.4 is 20.1 Å². The molecule has 0 bridgehead atoms. The molecule has 9 nitrogen and oxygen atoms in total. The van der Waals surface area contributed by atoms with E-state index in [1.807, 2.05) is 18.2 Å². The van der Waals surface area contributed by atoms with Gasteiger partial charge in [0.2, 0.25) is 15.9 Å². The van der Waals surface area contributed by atoms with E-state index in [9.17, 15) is 18.0 Å². The minimum absolute atomic E-state index is 0.183. The fourth-order valence-electron chi connectivity index (χ4n) is 4.78. The van der Waals surface area contributed by atoms with Crippen molar-refractivity contribution in [3.63, 3.8) is 0 Å². The summed E-state index contributed by atoms with van der Waals surface area (Å²) in [4.78, 5) is 26.1. The standard InChI is InChI=1S/C30H34ClN3O6S/c1-39-27-12-11-21(19-28(27)40-2)13-16-32-30(36)24-8-4-6-10-26(24)33-29(35)22-14-17-34(18-15-22)41(37,38)20-23-7-3-5-9-25(23)31/h3-12,19,22H,13-18,20H2,1-2H3,(H,32,36)(H,33,35). The van der Waals surface area contributed by atoms with Crippen molar-refractivity contribution in [1.82, 2.24) is 9.62 Å². The van der Waals surface area contributed by atoms with Gasteiger partial charge in [-0.25, -0.2) is 12.7 Å². The molecule has 41 heavy (non-hydrogen) atoms. The van der Waals surface area contributed by atoms with Gasteiger partial charge < -0.3 is 20.1 Å². The number of carbonyl (C=O) groups is 2. The lowest BCUT2D eigenvalue weighted by atomic mass is 9.97. The number of hydrogen-bond acceptors (Lipinski definition) is 6. The van der Waals surface area contributed by atoms with Crippen molar-refractivity contribution in [2.45, 2.75) is 25.0 Å². The molecule has 4 rings (SSSR count). The molecular weight excluding hydrogens is 566 g/mol. The van der Waals surface area contributed by atoms with Crippen molar-refractivity contribution in [3.05, 3.63) is 88.4 Å². The summed E-state index contributed by atoms with van der Waals surface area (Å²) in [6.07, 6.45) is 1.35. The summed E-state index contributed by atoms with van der Waals surface area (Å²) in [7, 11) is -0.424. The summed E-state index contributed by atoms with van der Waals surface area (Å²) in [6, 6.07) is 19.3. The number of hydrogen-bond donors (Lipinski definition) is 2. The third-order valence-corrected chi connectivity index (χ3v) is 9.29. The van der Waals surface area contributed by atoms with Crippen LogP contribution in [0.2, 0.25) is 5.02 Å². The Labute approximate surface area is 245 Å². The van der Waals surface area contributed by atoms with Crippen LogP contribution >= 0.6 is 11.6 Å². The van der Waals surface area contributed by atoms with Gasteiger partial charge in [0, 0.05) is 30.6 Å². The molecule has 0 saturated carbocycles. The van der Waals surface area contributed by atoms with Gasteiger partial charge in [-0.3, -0.25) is 9.59 Å². The number of sulfonamides is 1. The van der Waals surface area contributed by atoms with Gasteiger partial charge in [-0.1, -0.05) is 48.0 Å². The van der Waals surface area contributed by atoms with Gasteiger partial charge in [-0.05, 0) is 60.7 Å². The summed E-state index contributed by atoms with van der Waals surface area (Å²) in [5.41, 5.74) is 2.29. The van der Waals surface area contributed by atoms with E-state index >= 15 is 0 Å². The highest BCUT2D eigenvalue weighted by atomic mass is 35.5. The highest BCUT2D eigenvalue weighted by molar-refractivity contribution is 7.88. The second-order valence-corrected chi connectivity index (χ2v) is 12.1. The van der Waals surface area contributed by atoms with E-state index in [0.717, 1.165) is 5.56 Å². The number of amides is 2. The van der Waals surface area contributed by atoms with E-state index in [4.69, 9.17) is 21.1 Å². The molecule has 11 heteroatoms. The fourth-order valence-corrected chi connectivity index (χ4v) is 6.65. The van der Waals surface area contributed by atoms with Crippen LogP contribution in [-0.2, 0) is 27.0 Å². The number of nitrogens with one attached hydrogen (secondary N) is 2. The lowest BCUT2D eigenvalue weighted by molar-refractivity contribution is -0.120. The number of rotatable bonds is 11. The second kappa shape index (κ2) is 13.8. The van der Waals surface area contributed by atoms with E-state index in [-0.39, 0.29) is 36.6 Å². The number of anilines is 1. The Morgan fingerprint density at radius 2 is 1.63 bits per heavy atom. The van der Waals surface area contributed by atoms with Gasteiger partial charge in [-0.2, -0.15) is 0 Å². The Morgan fingerprint density at radius 1 is 0.951 bits per heavy atom. The Bertz CT molecular complexity index is 1490. The molecule has 2 N–H and O–H groups in total. The number of benzene rings is 3. The highest BCUT2D eigenvalue weighted by Gasteiger charge is 2.32. The first-order valence-electron chi connectivity index (χ1n) is 13.3. The molecule has 1 fully saturated rings. The molecule has 0 aromatic heterocycles. The number of para-hydroxylation sites is 1. The van der Waals surface area contributed by atoms with Crippen LogP contribution in [0, 0.1) is 5.92 Å². The summed E-state index contributed by atoms with van der Waals surface area (Å²) >= 11 is 6.15. The first-order chi connectivity index (χ1) is 19.7. The molecule has 1 aliphatic heterocycles. The van der Waals surface area contributed by atoms with Crippen LogP contribution in [0.1, 0.15) is 34.3 Å². The Morgan fingerprint density at radius 3 is 2.34 bits per heavy atom. The van der Waals surface area contributed by atoms with E-state index in [0.29, 0.717) is 59.1 Å². The molecule has 0 radical (unpaired) electrons. The Kier molecular flexibility index (Phi) is 10.3. The Hall–Kier alpha value is -3.60. The number of carbonyl (C=O) groups excluding carboxylic acids is 2. The van der Waals surface area contributed by atoms with Crippen LogP contribution in [-0.4, -0.2) is 58.4 Å². The van der Waals surface area contributed by atoms with Gasteiger partial charge in [0.25, 0.3) is 5.91 Å². The van der Waals surface area contributed by atoms with Crippen LogP contribution in [0.25, 0.3) is 0 Å². The monoisotopic (exact) mass is 599 g/mol. The average molecular weight is 600 g/mol. The maximum absolute atomic E-state index is 13.1. The number of nitrogens with zero attached hydrogens (tertiary/aromatic N) is 1. The van der Waals surface area contributed by atoms with E-state index in [1.54, 1.807) is 62.8 Å². The number of ether oxygens (including phenoxy) is 2. The molecule has 1 aliphatic rings. The minimum Gasteiger partial charge on any atom is -0.493 e. The molecule has 1 saturated heterocycles. The molecule has 3 aromatic carbocycles. The number of halogens is 1. The molecule has 0 unspecified atom stereocenters. The number of methoxy groups -OCH3 is 2.